The lowest BCUT2D eigenvalue weighted by molar-refractivity contribution is -0.0575. The second-order valence-electron chi connectivity index (χ2n) is 12.5. The molecule has 2 heteroatoms. The molecule has 0 aromatic heterocycles. The highest BCUT2D eigenvalue weighted by Gasteiger charge is 2.59. The number of rotatable bonds is 5. The van der Waals surface area contributed by atoms with Gasteiger partial charge in [0.1, 0.15) is 0 Å². The smallest absolute Gasteiger partial charge is 0.0577 e. The Labute approximate surface area is 180 Å². The van der Waals surface area contributed by atoms with E-state index in [-0.39, 0.29) is 11.6 Å². The van der Waals surface area contributed by atoms with Gasteiger partial charge < -0.3 is 10.4 Å². The molecular formula is C27H47NO. The number of allylic oxidation sites excluding steroid dienone is 1. The molecule has 3 saturated carbocycles. The third-order valence-corrected chi connectivity index (χ3v) is 10.7. The van der Waals surface area contributed by atoms with Gasteiger partial charge in [0, 0.05) is 5.54 Å². The molecule has 2 N–H and O–H groups in total. The highest BCUT2D eigenvalue weighted by Crippen LogP contribution is 2.67. The summed E-state index contributed by atoms with van der Waals surface area (Å²) in [5, 5.41) is 13.7. The van der Waals surface area contributed by atoms with Crippen molar-refractivity contribution in [2.45, 2.75) is 110 Å². The molecule has 4 rings (SSSR count). The minimum Gasteiger partial charge on any atom is -0.393 e. The summed E-state index contributed by atoms with van der Waals surface area (Å²) in [4.78, 5) is 0. The Hall–Kier alpha value is -0.340. The van der Waals surface area contributed by atoms with Crippen molar-refractivity contribution in [1.82, 2.24) is 5.32 Å². The first-order valence-corrected chi connectivity index (χ1v) is 12.7. The summed E-state index contributed by atoms with van der Waals surface area (Å²) in [5.41, 5.74) is 2.80. The van der Waals surface area contributed by atoms with Crippen LogP contribution in [0, 0.1) is 40.4 Å². The van der Waals surface area contributed by atoms with Crippen molar-refractivity contribution in [1.29, 1.82) is 0 Å². The second-order valence-corrected chi connectivity index (χ2v) is 12.5. The molecule has 5 unspecified atom stereocenters. The van der Waals surface area contributed by atoms with Gasteiger partial charge in [0.15, 0.2) is 0 Å². The van der Waals surface area contributed by atoms with E-state index >= 15 is 0 Å². The van der Waals surface area contributed by atoms with Crippen LogP contribution in [-0.2, 0) is 0 Å². The summed E-state index contributed by atoms with van der Waals surface area (Å²) in [7, 11) is 2.11. The highest BCUT2D eigenvalue weighted by atomic mass is 16.3. The number of aliphatic hydroxyl groups excluding tert-OH is 1. The molecule has 0 radical (unpaired) electrons. The van der Waals surface area contributed by atoms with Crippen LogP contribution in [-0.4, -0.2) is 23.8 Å². The van der Waals surface area contributed by atoms with Crippen molar-refractivity contribution in [3.8, 4) is 0 Å². The maximum Gasteiger partial charge on any atom is 0.0577 e. The second kappa shape index (κ2) is 7.66. The molecule has 166 valence electrons. The molecule has 0 heterocycles. The monoisotopic (exact) mass is 401 g/mol. The number of aliphatic hydroxyl groups is 1. The Balaban J connectivity index is 1.50. The van der Waals surface area contributed by atoms with Gasteiger partial charge in [-0.05, 0) is 126 Å². The largest absolute Gasteiger partial charge is 0.393 e. The Kier molecular flexibility index (Phi) is 5.78. The van der Waals surface area contributed by atoms with Crippen molar-refractivity contribution >= 4 is 0 Å². The van der Waals surface area contributed by atoms with Crippen LogP contribution in [0.3, 0.4) is 0 Å². The number of hydrogen-bond donors (Lipinski definition) is 2. The zero-order valence-electron chi connectivity index (χ0n) is 20.1. The van der Waals surface area contributed by atoms with E-state index < -0.39 is 0 Å². The van der Waals surface area contributed by atoms with Crippen LogP contribution in [0.2, 0.25) is 0 Å². The third-order valence-electron chi connectivity index (χ3n) is 10.7. The van der Waals surface area contributed by atoms with Crippen LogP contribution in [0.25, 0.3) is 0 Å². The van der Waals surface area contributed by atoms with Crippen LogP contribution >= 0.6 is 0 Å². The normalized spacial score (nSPS) is 45.8. The van der Waals surface area contributed by atoms with Crippen molar-refractivity contribution < 1.29 is 5.11 Å². The summed E-state index contributed by atoms with van der Waals surface area (Å²) >= 11 is 0. The van der Waals surface area contributed by atoms with E-state index in [9.17, 15) is 5.11 Å². The predicted octanol–water partition coefficient (Wildman–Crippen LogP) is 6.34. The maximum atomic E-state index is 10.2. The molecule has 0 spiro atoms. The van der Waals surface area contributed by atoms with Crippen molar-refractivity contribution in [3.63, 3.8) is 0 Å². The summed E-state index contributed by atoms with van der Waals surface area (Å²) in [5.74, 6) is 4.43. The lowest BCUT2D eigenvalue weighted by Gasteiger charge is -2.58. The van der Waals surface area contributed by atoms with Crippen molar-refractivity contribution in [3.05, 3.63) is 11.6 Å². The van der Waals surface area contributed by atoms with Crippen LogP contribution in [0.1, 0.15) is 98.8 Å². The van der Waals surface area contributed by atoms with E-state index in [1.54, 1.807) is 5.57 Å². The Morgan fingerprint density at radius 3 is 2.62 bits per heavy atom. The topological polar surface area (TPSA) is 32.3 Å². The van der Waals surface area contributed by atoms with Crippen LogP contribution in [0.5, 0.6) is 0 Å². The van der Waals surface area contributed by atoms with Gasteiger partial charge in [-0.3, -0.25) is 0 Å². The van der Waals surface area contributed by atoms with E-state index in [2.05, 4.69) is 53.1 Å². The highest BCUT2D eigenvalue weighted by molar-refractivity contribution is 5.25. The average Bonchev–Trinajstić information content (AvgIpc) is 3.04. The van der Waals surface area contributed by atoms with Gasteiger partial charge >= 0.3 is 0 Å². The van der Waals surface area contributed by atoms with Gasteiger partial charge in [-0.1, -0.05) is 32.4 Å². The fourth-order valence-corrected chi connectivity index (χ4v) is 8.53. The molecule has 3 fully saturated rings. The molecule has 0 bridgehead atoms. The first kappa shape index (κ1) is 21.9. The van der Waals surface area contributed by atoms with E-state index in [0.717, 1.165) is 42.4 Å². The minimum absolute atomic E-state index is 0.0849. The predicted molar refractivity (Wildman–Crippen MR) is 123 cm³/mol. The van der Waals surface area contributed by atoms with Crippen molar-refractivity contribution in [2.75, 3.05) is 7.05 Å². The van der Waals surface area contributed by atoms with Crippen molar-refractivity contribution in [2.24, 2.45) is 40.4 Å². The molecule has 0 aromatic rings. The fraction of sp³-hybridized carbons (Fsp3) is 0.926. The molecule has 4 aliphatic rings. The lowest BCUT2D eigenvalue weighted by atomic mass is 9.47. The third kappa shape index (κ3) is 3.65. The molecular weight excluding hydrogens is 354 g/mol. The molecule has 0 saturated heterocycles. The quantitative estimate of drug-likeness (QED) is 0.527. The van der Waals surface area contributed by atoms with E-state index in [4.69, 9.17) is 0 Å². The molecule has 2 nitrogen and oxygen atoms in total. The van der Waals surface area contributed by atoms with Crippen LogP contribution < -0.4 is 5.32 Å². The zero-order valence-corrected chi connectivity index (χ0v) is 20.1. The molecule has 0 aromatic carbocycles. The van der Waals surface area contributed by atoms with Crippen LogP contribution in [0.4, 0.5) is 0 Å². The van der Waals surface area contributed by atoms with E-state index in [0.29, 0.717) is 10.8 Å². The Morgan fingerprint density at radius 1 is 1.14 bits per heavy atom. The minimum atomic E-state index is -0.0849. The molecule has 0 amide bonds. The molecule has 8 atom stereocenters. The zero-order chi connectivity index (χ0) is 21.0. The van der Waals surface area contributed by atoms with Gasteiger partial charge in [-0.2, -0.15) is 0 Å². The number of nitrogens with one attached hydrogen (secondary N) is 1. The van der Waals surface area contributed by atoms with Gasteiger partial charge in [0.25, 0.3) is 0 Å². The summed E-state index contributed by atoms with van der Waals surface area (Å²) < 4.78 is 0. The fourth-order valence-electron chi connectivity index (χ4n) is 8.53. The van der Waals surface area contributed by atoms with E-state index in [1.807, 2.05) is 0 Å². The van der Waals surface area contributed by atoms with Gasteiger partial charge in [-0.15, -0.1) is 0 Å². The Bertz CT molecular complexity index is 638. The molecule has 29 heavy (non-hydrogen) atoms. The summed E-state index contributed by atoms with van der Waals surface area (Å²) in [6.07, 6.45) is 15.4. The number of fused-ring (bicyclic) bond motifs is 5. The molecule has 4 aliphatic carbocycles. The first-order valence-electron chi connectivity index (χ1n) is 12.7. The Morgan fingerprint density at radius 2 is 1.90 bits per heavy atom. The standard InChI is InChI=1S/C27H47NO/c1-18(11-14-25(2,3)28-6)22-9-10-23-21-8-7-19-17-20(29)12-15-26(19,4)24(21)13-16-27(22,23)5/h7,18,20-24,28-29H,8-17H2,1-6H3/t18?,20-,21?,22?,23?,24?,26-,27+/m0/s1. The first-order chi connectivity index (χ1) is 13.6. The lowest BCUT2D eigenvalue weighted by Crippen LogP contribution is -2.50. The summed E-state index contributed by atoms with van der Waals surface area (Å²) in [6, 6.07) is 0. The van der Waals surface area contributed by atoms with E-state index in [1.165, 1.54) is 51.4 Å². The maximum absolute atomic E-state index is 10.2. The number of hydrogen-bond acceptors (Lipinski definition) is 2. The van der Waals surface area contributed by atoms with Gasteiger partial charge in [-0.25, -0.2) is 0 Å². The van der Waals surface area contributed by atoms with Crippen LogP contribution in [0.15, 0.2) is 11.6 Å². The SMILES string of the molecule is CNC(C)(C)CCC(C)C1CCC2C3CC=C4C[C@@H](O)CC[C@]4(C)C3CC[C@]12C. The molecule has 0 aliphatic heterocycles. The average molecular weight is 402 g/mol. The summed E-state index contributed by atoms with van der Waals surface area (Å²) in [6.45, 7) is 12.5. The van der Waals surface area contributed by atoms with Gasteiger partial charge in [0.2, 0.25) is 0 Å². The van der Waals surface area contributed by atoms with Gasteiger partial charge in [0.05, 0.1) is 6.10 Å².